The first-order valence-corrected chi connectivity index (χ1v) is 11.7. The third-order valence-electron chi connectivity index (χ3n) is 1.46. The molecule has 0 aliphatic rings. The van der Waals surface area contributed by atoms with Gasteiger partial charge in [-0.3, -0.25) is 0 Å². The van der Waals surface area contributed by atoms with Crippen molar-refractivity contribution in [3.63, 3.8) is 0 Å². The van der Waals surface area contributed by atoms with Crippen LogP contribution in [0.15, 0.2) is 0 Å². The summed E-state index contributed by atoms with van der Waals surface area (Å²) >= 11 is 0. The normalized spacial score (nSPS) is 14.6. The second-order valence-corrected chi connectivity index (χ2v) is 14.5. The zero-order chi connectivity index (χ0) is 6.24. The van der Waals surface area contributed by atoms with E-state index in [9.17, 15) is 0 Å². The van der Waals surface area contributed by atoms with Crippen LogP contribution in [-0.2, 0) is 0 Å². The Morgan fingerprint density at radius 3 is 2.50 bits per heavy atom. The van der Waals surface area contributed by atoms with E-state index in [1.165, 1.54) is 10.2 Å². The summed E-state index contributed by atoms with van der Waals surface area (Å²) in [6.45, 7) is 2.45. The largest absolute Gasteiger partial charge is 0.0752 e. The molecule has 0 fully saturated rings. The van der Waals surface area contributed by atoms with E-state index in [1.807, 2.05) is 0 Å². The van der Waals surface area contributed by atoms with Gasteiger partial charge in [-0.05, 0) is 10.2 Å². The van der Waals surface area contributed by atoms with Crippen molar-refractivity contribution in [1.82, 2.24) is 0 Å². The Kier molecular flexibility index (Phi) is 8.72. The molecule has 0 amide bonds. The quantitative estimate of drug-likeness (QED) is 0.339. The van der Waals surface area contributed by atoms with Crippen LogP contribution in [0, 0.1) is 0 Å². The lowest BCUT2D eigenvalue weighted by Gasteiger charge is -1.91. The lowest BCUT2D eigenvalue weighted by molar-refractivity contribution is 1.80. The zero-order valence-electron chi connectivity index (χ0n) is 6.24. The van der Waals surface area contributed by atoms with Gasteiger partial charge in [0.05, 0.1) is 0 Å². The van der Waals surface area contributed by atoms with Crippen LogP contribution in [0.25, 0.3) is 0 Å². The van der Waals surface area contributed by atoms with Crippen molar-refractivity contribution in [3.05, 3.63) is 0 Å². The van der Waals surface area contributed by atoms with Crippen LogP contribution >= 0.6 is 0 Å². The van der Waals surface area contributed by atoms with Crippen LogP contribution in [-0.4, -0.2) is 38.8 Å². The molecule has 0 atom stereocenters. The average Bonchev–Trinajstić information content (AvgIpc) is 1.81. The van der Waals surface area contributed by atoms with Crippen molar-refractivity contribution in [2.24, 2.45) is 0 Å². The molecule has 0 radical (unpaired) electrons. The van der Waals surface area contributed by atoms with Gasteiger partial charge in [-0.15, -0.1) is 0 Å². The Labute approximate surface area is 62.7 Å². The van der Waals surface area contributed by atoms with E-state index in [0.29, 0.717) is 28.6 Å². The molecule has 0 nitrogen and oxygen atoms in total. The molecule has 0 saturated carbocycles. The fourth-order valence-electron chi connectivity index (χ4n) is 0.854. The topological polar surface area (TPSA) is 0 Å². The van der Waals surface area contributed by atoms with Gasteiger partial charge in [-0.2, -0.15) is 0 Å². The monoisotopic (exact) mass is 178 g/mol. The summed E-state index contributed by atoms with van der Waals surface area (Å²) in [5.41, 5.74) is 5.25. The molecule has 0 heterocycles. The van der Waals surface area contributed by atoms with Gasteiger partial charge in [0.1, 0.15) is 0 Å². The highest BCUT2D eigenvalue weighted by Gasteiger charge is 1.85. The van der Waals surface area contributed by atoms with Crippen molar-refractivity contribution >= 4 is 38.8 Å². The van der Waals surface area contributed by atoms with Crippen molar-refractivity contribution in [1.29, 1.82) is 0 Å². The molecule has 0 N–H and O–H groups in total. The molecule has 0 aliphatic heterocycles. The van der Waals surface area contributed by atoms with Crippen molar-refractivity contribution in [2.75, 3.05) is 0 Å². The minimum absolute atomic E-state index is 0.481. The summed E-state index contributed by atoms with van der Waals surface area (Å²) in [6, 6.07) is 0. The first kappa shape index (κ1) is 8.87. The Morgan fingerprint density at radius 1 is 1.25 bits per heavy atom. The predicted octanol–water partition coefficient (Wildman–Crippen LogP) is -1.97. The average molecular weight is 179 g/mol. The van der Waals surface area contributed by atoms with Gasteiger partial charge in [-0.1, -0.05) is 23.5 Å². The molecule has 0 spiro atoms. The Hall–Kier alpha value is 0.868. The molecule has 0 aliphatic carbocycles. The molecule has 0 aromatic heterocycles. The fourth-order valence-corrected chi connectivity index (χ4v) is 15.4. The first-order chi connectivity index (χ1) is 3.91. The number of hydrogen-bond acceptors (Lipinski definition) is 0. The highest BCUT2D eigenvalue weighted by molar-refractivity contribution is 6.65. The molecule has 0 unspecified atom stereocenters. The zero-order valence-corrected chi connectivity index (χ0v) is 12.5. The minimum Gasteiger partial charge on any atom is -0.0752 e. The van der Waals surface area contributed by atoms with Gasteiger partial charge in [0.15, 0.2) is 0 Å². The summed E-state index contributed by atoms with van der Waals surface area (Å²) in [7, 11) is 3.08. The Morgan fingerprint density at radius 2 is 2.00 bits per heavy atom. The predicted molar refractivity (Wildman–Crippen MR) is 55.9 cm³/mol. The van der Waals surface area contributed by atoms with E-state index >= 15 is 0 Å². The molecular weight excluding hydrogens is 160 g/mol. The van der Waals surface area contributed by atoms with Crippen LogP contribution in [0.4, 0.5) is 0 Å². The second-order valence-electron chi connectivity index (χ2n) is 2.41. The Bertz CT molecular complexity index is 33.0. The van der Waals surface area contributed by atoms with E-state index in [0.717, 1.165) is 0 Å². The smallest absolute Gasteiger partial charge is 0.0135 e. The molecule has 0 bridgehead atoms. The molecule has 0 aromatic rings. The van der Waals surface area contributed by atoms with Crippen LogP contribution in [0.1, 0.15) is 0 Å². The highest BCUT2D eigenvalue weighted by Crippen LogP contribution is 1.82. The number of rotatable bonds is 5. The van der Waals surface area contributed by atoms with Gasteiger partial charge < -0.3 is 0 Å². The molecule has 0 rings (SSSR count). The van der Waals surface area contributed by atoms with Crippen molar-refractivity contribution in [2.45, 2.75) is 23.5 Å². The lowest BCUT2D eigenvalue weighted by atomic mass is 11.8. The van der Waals surface area contributed by atoms with E-state index in [1.54, 1.807) is 17.0 Å². The standard InChI is InChI=1S/C4H18Si4/c1-6-3-8-4-7-2-5/h2-4,6-8H2,1,5H3. The first-order valence-electron chi connectivity index (χ1n) is 3.91. The van der Waals surface area contributed by atoms with Gasteiger partial charge in [0.25, 0.3) is 0 Å². The summed E-state index contributed by atoms with van der Waals surface area (Å²) in [4.78, 5) is 0. The third kappa shape index (κ3) is 6.87. The molecule has 8 heavy (non-hydrogen) atoms. The van der Waals surface area contributed by atoms with Crippen LogP contribution in [0.2, 0.25) is 23.5 Å². The molecule has 0 aromatic carbocycles. The van der Waals surface area contributed by atoms with Gasteiger partial charge in [0.2, 0.25) is 0 Å². The minimum atomic E-state index is 0.481. The van der Waals surface area contributed by atoms with Crippen LogP contribution in [0.3, 0.4) is 0 Å². The SMILES string of the molecule is C[SiH2]C[SiH2]C[SiH2]C[SiH3]. The van der Waals surface area contributed by atoms with Gasteiger partial charge >= 0.3 is 0 Å². The van der Waals surface area contributed by atoms with E-state index in [4.69, 9.17) is 0 Å². The van der Waals surface area contributed by atoms with Crippen LogP contribution in [0.5, 0.6) is 0 Å². The maximum Gasteiger partial charge on any atom is 0.0135 e. The summed E-state index contributed by atoms with van der Waals surface area (Å²) < 4.78 is 0. The van der Waals surface area contributed by atoms with Crippen molar-refractivity contribution < 1.29 is 0 Å². The maximum atomic E-state index is 2.45. The van der Waals surface area contributed by atoms with E-state index < -0.39 is 0 Å². The molecule has 0 saturated heterocycles. The van der Waals surface area contributed by atoms with Gasteiger partial charge in [-0.25, -0.2) is 0 Å². The Balaban J connectivity index is 2.53. The fraction of sp³-hybridized carbons (Fsp3) is 1.00. The lowest BCUT2D eigenvalue weighted by Crippen LogP contribution is -1.98. The van der Waals surface area contributed by atoms with Gasteiger partial charge in [0, 0.05) is 28.6 Å². The summed E-state index contributed by atoms with van der Waals surface area (Å²) in [5, 5.41) is 0. The highest BCUT2D eigenvalue weighted by atomic mass is 28.3. The van der Waals surface area contributed by atoms with Crippen LogP contribution < -0.4 is 0 Å². The van der Waals surface area contributed by atoms with Crippen molar-refractivity contribution in [3.8, 4) is 0 Å². The third-order valence-corrected chi connectivity index (χ3v) is 13.1. The van der Waals surface area contributed by atoms with E-state index in [-0.39, 0.29) is 0 Å². The summed E-state index contributed by atoms with van der Waals surface area (Å²) in [6.07, 6.45) is 0. The summed E-state index contributed by atoms with van der Waals surface area (Å²) in [5.74, 6) is 0. The molecule has 4 heteroatoms. The number of hydrogen-bond donors (Lipinski definition) is 0. The van der Waals surface area contributed by atoms with E-state index in [2.05, 4.69) is 6.55 Å². The molecule has 50 valence electrons. The second kappa shape index (κ2) is 7.87. The maximum absolute atomic E-state index is 2.45. The molecular formula is C4H18Si4.